The molecule has 1 aromatic carbocycles. The maximum Gasteiger partial charge on any atom is 0.0343 e. The Morgan fingerprint density at radius 1 is 1.07 bits per heavy atom. The van der Waals surface area contributed by atoms with E-state index in [1.54, 1.807) is 0 Å². The van der Waals surface area contributed by atoms with Crippen LogP contribution in [-0.2, 0) is 0 Å². The van der Waals surface area contributed by atoms with Gasteiger partial charge < -0.3 is 5.32 Å². The van der Waals surface area contributed by atoms with Gasteiger partial charge in [0.05, 0.1) is 0 Å². The summed E-state index contributed by atoms with van der Waals surface area (Å²) >= 11 is 2.35. The van der Waals surface area contributed by atoms with Gasteiger partial charge in [0.15, 0.2) is 0 Å². The highest BCUT2D eigenvalue weighted by atomic mass is 127. The summed E-state index contributed by atoms with van der Waals surface area (Å²) in [5.74, 6) is 1.98. The Kier molecular flexibility index (Phi) is 2.63. The zero-order chi connectivity index (χ0) is 10.3. The van der Waals surface area contributed by atoms with Crippen molar-refractivity contribution in [1.29, 1.82) is 0 Å². The maximum absolute atomic E-state index is 3.70. The van der Waals surface area contributed by atoms with Gasteiger partial charge in [0.25, 0.3) is 0 Å². The Balaban J connectivity index is 1.68. The van der Waals surface area contributed by atoms with E-state index in [0.29, 0.717) is 0 Å². The highest BCUT2D eigenvalue weighted by Crippen LogP contribution is 2.45. The van der Waals surface area contributed by atoms with Crippen LogP contribution in [0.25, 0.3) is 0 Å². The van der Waals surface area contributed by atoms with E-state index in [4.69, 9.17) is 0 Å². The zero-order valence-electron chi connectivity index (χ0n) is 8.75. The smallest absolute Gasteiger partial charge is 0.0343 e. The van der Waals surface area contributed by atoms with Gasteiger partial charge in [0, 0.05) is 15.3 Å². The van der Waals surface area contributed by atoms with E-state index in [2.05, 4.69) is 52.2 Å². The fourth-order valence-electron chi connectivity index (χ4n) is 3.18. The molecule has 0 spiro atoms. The van der Waals surface area contributed by atoms with Gasteiger partial charge in [0.2, 0.25) is 0 Å². The molecule has 1 N–H and O–H groups in total. The van der Waals surface area contributed by atoms with Gasteiger partial charge >= 0.3 is 0 Å². The average molecular weight is 313 g/mol. The van der Waals surface area contributed by atoms with Crippen molar-refractivity contribution >= 4 is 28.3 Å². The molecule has 0 heterocycles. The molecule has 15 heavy (non-hydrogen) atoms. The van der Waals surface area contributed by atoms with Gasteiger partial charge in [-0.3, -0.25) is 0 Å². The number of rotatable bonds is 2. The quantitative estimate of drug-likeness (QED) is 0.817. The Morgan fingerprint density at radius 3 is 2.47 bits per heavy atom. The fraction of sp³-hybridized carbons (Fsp3) is 0.538. The minimum atomic E-state index is 0.754. The monoisotopic (exact) mass is 313 g/mol. The zero-order valence-corrected chi connectivity index (χ0v) is 10.9. The lowest BCUT2D eigenvalue weighted by atomic mass is 9.95. The van der Waals surface area contributed by atoms with Gasteiger partial charge in [-0.15, -0.1) is 0 Å². The van der Waals surface area contributed by atoms with Crippen LogP contribution < -0.4 is 5.32 Å². The van der Waals surface area contributed by atoms with Crippen molar-refractivity contribution in [1.82, 2.24) is 0 Å². The van der Waals surface area contributed by atoms with Gasteiger partial charge in [-0.25, -0.2) is 0 Å². The van der Waals surface area contributed by atoms with E-state index in [1.165, 1.54) is 34.9 Å². The van der Waals surface area contributed by atoms with Crippen molar-refractivity contribution in [2.24, 2.45) is 11.8 Å². The Labute approximate surface area is 105 Å². The van der Waals surface area contributed by atoms with Crippen LogP contribution in [0.1, 0.15) is 25.7 Å². The predicted molar refractivity (Wildman–Crippen MR) is 72.0 cm³/mol. The minimum Gasteiger partial charge on any atom is -0.382 e. The maximum atomic E-state index is 3.70. The van der Waals surface area contributed by atoms with Crippen LogP contribution in [0.3, 0.4) is 0 Å². The molecule has 3 atom stereocenters. The first-order valence-corrected chi connectivity index (χ1v) is 6.91. The van der Waals surface area contributed by atoms with Gasteiger partial charge in [-0.05, 0) is 78.0 Å². The second kappa shape index (κ2) is 3.96. The van der Waals surface area contributed by atoms with Crippen LogP contribution in [0.5, 0.6) is 0 Å². The first-order valence-electron chi connectivity index (χ1n) is 5.83. The minimum absolute atomic E-state index is 0.754. The lowest BCUT2D eigenvalue weighted by Gasteiger charge is -2.24. The first-order chi connectivity index (χ1) is 7.31. The van der Waals surface area contributed by atoms with Crippen LogP contribution in [0.2, 0.25) is 0 Å². The lowest BCUT2D eigenvalue weighted by Crippen LogP contribution is -2.25. The summed E-state index contributed by atoms with van der Waals surface area (Å²) in [6.07, 6.45) is 5.81. The number of anilines is 1. The summed E-state index contributed by atoms with van der Waals surface area (Å²) in [7, 11) is 0. The lowest BCUT2D eigenvalue weighted by molar-refractivity contribution is 0.440. The summed E-state index contributed by atoms with van der Waals surface area (Å²) in [4.78, 5) is 0. The second-order valence-corrected chi connectivity index (χ2v) is 6.18. The number of benzene rings is 1. The topological polar surface area (TPSA) is 12.0 Å². The fourth-order valence-corrected chi connectivity index (χ4v) is 3.54. The molecule has 2 aliphatic carbocycles. The number of hydrogen-bond acceptors (Lipinski definition) is 1. The van der Waals surface area contributed by atoms with Crippen LogP contribution in [0, 0.1) is 15.4 Å². The molecule has 2 bridgehead atoms. The summed E-state index contributed by atoms with van der Waals surface area (Å²) in [6, 6.07) is 9.51. The standard InChI is InChI=1S/C13H16IN/c14-11-3-5-12(6-4-11)15-13-8-9-1-2-10(13)7-9/h3-6,9-10,13,15H,1-2,7-8H2. The van der Waals surface area contributed by atoms with Crippen molar-refractivity contribution in [3.63, 3.8) is 0 Å². The van der Waals surface area contributed by atoms with Crippen molar-refractivity contribution in [3.8, 4) is 0 Å². The molecule has 0 aliphatic heterocycles. The SMILES string of the molecule is Ic1ccc(NC2CC3CCC2C3)cc1. The molecule has 2 fully saturated rings. The second-order valence-electron chi connectivity index (χ2n) is 4.93. The van der Waals surface area contributed by atoms with Gasteiger partial charge in [-0.2, -0.15) is 0 Å². The van der Waals surface area contributed by atoms with Crippen molar-refractivity contribution < 1.29 is 0 Å². The van der Waals surface area contributed by atoms with Crippen LogP contribution >= 0.6 is 22.6 Å². The molecule has 0 radical (unpaired) electrons. The molecule has 3 unspecified atom stereocenters. The van der Waals surface area contributed by atoms with Gasteiger partial charge in [-0.1, -0.05) is 6.42 Å². The Bertz CT molecular complexity index is 346. The molecule has 2 heteroatoms. The summed E-state index contributed by atoms with van der Waals surface area (Å²) in [5.41, 5.74) is 1.30. The highest BCUT2D eigenvalue weighted by Gasteiger charge is 2.39. The summed E-state index contributed by atoms with van der Waals surface area (Å²) in [5, 5.41) is 3.70. The number of halogens is 1. The molecular weight excluding hydrogens is 297 g/mol. The summed E-state index contributed by atoms with van der Waals surface area (Å²) < 4.78 is 1.31. The van der Waals surface area contributed by atoms with Gasteiger partial charge in [0.1, 0.15) is 0 Å². The third kappa shape index (κ3) is 2.01. The predicted octanol–water partition coefficient (Wildman–Crippen LogP) is 3.89. The number of fused-ring (bicyclic) bond motifs is 2. The number of hydrogen-bond donors (Lipinski definition) is 1. The normalized spacial score (nSPS) is 33.3. The van der Waals surface area contributed by atoms with E-state index in [1.807, 2.05) is 0 Å². The molecule has 2 aliphatic rings. The molecule has 80 valence electrons. The van der Waals surface area contributed by atoms with E-state index >= 15 is 0 Å². The first kappa shape index (κ1) is 9.94. The van der Waals surface area contributed by atoms with Crippen LogP contribution in [0.15, 0.2) is 24.3 Å². The van der Waals surface area contributed by atoms with E-state index in [9.17, 15) is 0 Å². The molecule has 0 amide bonds. The number of nitrogens with one attached hydrogen (secondary N) is 1. The van der Waals surface area contributed by atoms with Crippen molar-refractivity contribution in [2.45, 2.75) is 31.7 Å². The molecule has 1 nitrogen and oxygen atoms in total. The largest absolute Gasteiger partial charge is 0.382 e. The molecule has 3 rings (SSSR count). The van der Waals surface area contributed by atoms with E-state index in [-0.39, 0.29) is 0 Å². The molecular formula is C13H16IN. The Morgan fingerprint density at radius 2 is 1.87 bits per heavy atom. The molecule has 0 saturated heterocycles. The third-order valence-electron chi connectivity index (χ3n) is 3.93. The van der Waals surface area contributed by atoms with E-state index < -0.39 is 0 Å². The van der Waals surface area contributed by atoms with Crippen molar-refractivity contribution in [3.05, 3.63) is 27.8 Å². The molecule has 0 aromatic heterocycles. The van der Waals surface area contributed by atoms with Crippen LogP contribution in [0.4, 0.5) is 5.69 Å². The van der Waals surface area contributed by atoms with Crippen molar-refractivity contribution in [2.75, 3.05) is 5.32 Å². The molecule has 2 saturated carbocycles. The van der Waals surface area contributed by atoms with Crippen LogP contribution in [-0.4, -0.2) is 6.04 Å². The van der Waals surface area contributed by atoms with E-state index in [0.717, 1.165) is 17.9 Å². The average Bonchev–Trinajstić information content (AvgIpc) is 2.83. The third-order valence-corrected chi connectivity index (χ3v) is 4.65. The summed E-state index contributed by atoms with van der Waals surface area (Å²) in [6.45, 7) is 0. The Hall–Kier alpha value is -0.250. The highest BCUT2D eigenvalue weighted by molar-refractivity contribution is 14.1. The molecule has 1 aromatic rings.